The molecule has 3 rings (SSSR count). The summed E-state index contributed by atoms with van der Waals surface area (Å²) < 4.78 is 4.87. The minimum atomic E-state index is -0.473. The lowest BCUT2D eigenvalue weighted by molar-refractivity contribution is -0.129. The van der Waals surface area contributed by atoms with Crippen molar-refractivity contribution >= 4 is 23.5 Å². The van der Waals surface area contributed by atoms with Crippen LogP contribution in [0.1, 0.15) is 37.7 Å². The molecule has 1 aromatic rings. The third-order valence-corrected chi connectivity index (χ3v) is 3.65. The Balaban J connectivity index is 0.000000178. The predicted octanol–water partition coefficient (Wildman–Crippen LogP) is 4.06. The topological polar surface area (TPSA) is 38.7 Å². The summed E-state index contributed by atoms with van der Waals surface area (Å²) in [4.78, 5) is 14.8. The minimum absolute atomic E-state index is 0.152. The van der Waals surface area contributed by atoms with E-state index >= 15 is 0 Å². The van der Waals surface area contributed by atoms with Crippen molar-refractivity contribution in [1.29, 1.82) is 0 Å². The molecule has 0 aromatic heterocycles. The molecule has 0 atom stereocenters. The first-order chi connectivity index (χ1) is 9.66. The van der Waals surface area contributed by atoms with Gasteiger partial charge in [0.25, 0.3) is 0 Å². The highest BCUT2D eigenvalue weighted by molar-refractivity contribution is 6.20. The van der Waals surface area contributed by atoms with Crippen LogP contribution in [0.5, 0.6) is 0 Å². The third-order valence-electron chi connectivity index (χ3n) is 3.22. The fourth-order valence-corrected chi connectivity index (χ4v) is 2.40. The van der Waals surface area contributed by atoms with Gasteiger partial charge in [0.05, 0.1) is 0 Å². The van der Waals surface area contributed by atoms with E-state index in [0.29, 0.717) is 11.3 Å². The van der Waals surface area contributed by atoms with E-state index in [4.69, 9.17) is 16.3 Å². The van der Waals surface area contributed by atoms with Crippen molar-refractivity contribution in [2.24, 2.45) is 4.99 Å². The number of alkyl halides is 1. The van der Waals surface area contributed by atoms with Gasteiger partial charge in [-0.2, -0.15) is 0 Å². The van der Waals surface area contributed by atoms with Crippen molar-refractivity contribution in [3.63, 3.8) is 0 Å². The summed E-state index contributed by atoms with van der Waals surface area (Å²) >= 11 is 5.82. The summed E-state index contributed by atoms with van der Waals surface area (Å²) in [7, 11) is 0. The summed E-state index contributed by atoms with van der Waals surface area (Å²) in [6.45, 7) is 3.45. The summed E-state index contributed by atoms with van der Waals surface area (Å²) in [5, 5.41) is 0.508. The Bertz CT molecular complexity index is 504. The quantitative estimate of drug-likeness (QED) is 0.444. The Morgan fingerprint density at radius 1 is 1.15 bits per heavy atom. The Morgan fingerprint density at radius 2 is 1.80 bits per heavy atom. The molecule has 0 unspecified atom stereocenters. The standard InChI is InChI=1S/C10H7NO2.C6H11Cl/c1-7-10(12)13-9(11-7)8-5-3-2-4-6-8;7-6-4-2-1-3-5-6/h2-6H,1H2;6H,1-5H2. The van der Waals surface area contributed by atoms with Crippen LogP contribution in [0.4, 0.5) is 0 Å². The van der Waals surface area contributed by atoms with Crippen molar-refractivity contribution in [2.75, 3.05) is 0 Å². The maximum absolute atomic E-state index is 10.9. The first kappa shape index (κ1) is 14.8. The number of benzene rings is 1. The Hall–Kier alpha value is -1.61. The fourth-order valence-electron chi connectivity index (χ4n) is 2.09. The van der Waals surface area contributed by atoms with E-state index in [1.807, 2.05) is 30.3 Å². The zero-order valence-corrected chi connectivity index (χ0v) is 12.1. The molecule has 3 nitrogen and oxygen atoms in total. The second kappa shape index (κ2) is 7.25. The van der Waals surface area contributed by atoms with Gasteiger partial charge in [-0.1, -0.05) is 44.0 Å². The van der Waals surface area contributed by atoms with Crippen molar-refractivity contribution < 1.29 is 9.53 Å². The molecule has 0 bridgehead atoms. The Morgan fingerprint density at radius 3 is 2.25 bits per heavy atom. The number of aliphatic imine (C=N–C) groups is 1. The number of ether oxygens (including phenoxy) is 1. The van der Waals surface area contributed by atoms with Crippen LogP contribution in [0.15, 0.2) is 47.6 Å². The van der Waals surface area contributed by atoms with Crippen LogP contribution in [0.25, 0.3) is 0 Å². The molecule has 1 fully saturated rings. The highest BCUT2D eigenvalue weighted by Gasteiger charge is 2.21. The SMILES string of the molecule is C=C1N=C(c2ccccc2)OC1=O.ClC1CCCCC1. The van der Waals surface area contributed by atoms with E-state index in [2.05, 4.69) is 11.6 Å². The van der Waals surface area contributed by atoms with E-state index in [1.54, 1.807) is 0 Å². The number of rotatable bonds is 1. The average molecular weight is 292 g/mol. The molecule has 0 radical (unpaired) electrons. The lowest BCUT2D eigenvalue weighted by Gasteiger charge is -2.13. The van der Waals surface area contributed by atoms with E-state index in [0.717, 1.165) is 5.56 Å². The van der Waals surface area contributed by atoms with Crippen molar-refractivity contribution in [2.45, 2.75) is 37.5 Å². The van der Waals surface area contributed by atoms with Gasteiger partial charge in [-0.05, 0) is 25.0 Å². The number of carbonyl (C=O) groups excluding carboxylic acids is 1. The zero-order chi connectivity index (χ0) is 14.4. The largest absolute Gasteiger partial charge is 0.402 e. The molecule has 2 aliphatic rings. The molecule has 0 N–H and O–H groups in total. The van der Waals surface area contributed by atoms with Gasteiger partial charge in [-0.15, -0.1) is 11.6 Å². The molecule has 1 saturated carbocycles. The van der Waals surface area contributed by atoms with Crippen molar-refractivity contribution in [1.82, 2.24) is 0 Å². The Kier molecular flexibility index (Phi) is 5.36. The van der Waals surface area contributed by atoms with Gasteiger partial charge < -0.3 is 4.74 Å². The molecule has 1 aliphatic heterocycles. The number of nitrogens with zero attached hydrogens (tertiary/aromatic N) is 1. The molecular formula is C16H18ClNO2. The summed E-state index contributed by atoms with van der Waals surface area (Å²) in [6, 6.07) is 9.24. The van der Waals surface area contributed by atoms with Crippen LogP contribution in [-0.2, 0) is 9.53 Å². The molecule has 106 valence electrons. The lowest BCUT2D eigenvalue weighted by Crippen LogP contribution is -2.04. The second-order valence-corrected chi connectivity index (χ2v) is 5.47. The van der Waals surface area contributed by atoms with Crippen LogP contribution >= 0.6 is 11.6 Å². The molecule has 1 aliphatic carbocycles. The Labute approximate surface area is 124 Å². The minimum Gasteiger partial charge on any atom is -0.402 e. The van der Waals surface area contributed by atoms with E-state index in [1.165, 1.54) is 32.1 Å². The van der Waals surface area contributed by atoms with Crippen molar-refractivity contribution in [3.05, 3.63) is 48.2 Å². The average Bonchev–Trinajstić information content (AvgIpc) is 2.81. The highest BCUT2D eigenvalue weighted by Crippen LogP contribution is 2.21. The molecule has 0 saturated heterocycles. The number of carbonyl (C=O) groups is 1. The van der Waals surface area contributed by atoms with Gasteiger partial charge in [0.2, 0.25) is 5.90 Å². The monoisotopic (exact) mass is 291 g/mol. The number of hydrogen-bond acceptors (Lipinski definition) is 3. The lowest BCUT2D eigenvalue weighted by atomic mass is 10.0. The fraction of sp³-hybridized carbons (Fsp3) is 0.375. The summed E-state index contributed by atoms with van der Waals surface area (Å²) in [6.07, 6.45) is 6.62. The van der Waals surface area contributed by atoms with Crippen LogP contribution in [-0.4, -0.2) is 17.2 Å². The molecule has 4 heteroatoms. The molecule has 0 amide bonds. The first-order valence-electron chi connectivity index (χ1n) is 6.86. The smallest absolute Gasteiger partial charge is 0.363 e. The zero-order valence-electron chi connectivity index (χ0n) is 11.3. The van der Waals surface area contributed by atoms with Crippen LogP contribution in [0.3, 0.4) is 0 Å². The summed E-state index contributed by atoms with van der Waals surface area (Å²) in [5.41, 5.74) is 0.938. The maximum Gasteiger partial charge on any atom is 0.363 e. The summed E-state index contributed by atoms with van der Waals surface area (Å²) in [5.74, 6) is -0.144. The number of esters is 1. The number of halogens is 1. The predicted molar refractivity (Wildman–Crippen MR) is 80.9 cm³/mol. The van der Waals surface area contributed by atoms with Crippen LogP contribution in [0, 0.1) is 0 Å². The van der Waals surface area contributed by atoms with Gasteiger partial charge in [-0.25, -0.2) is 9.79 Å². The van der Waals surface area contributed by atoms with Crippen LogP contribution < -0.4 is 0 Å². The van der Waals surface area contributed by atoms with E-state index in [-0.39, 0.29) is 5.70 Å². The molecule has 1 heterocycles. The number of hydrogen-bond donors (Lipinski definition) is 0. The first-order valence-corrected chi connectivity index (χ1v) is 7.29. The number of cyclic esters (lactones) is 1. The maximum atomic E-state index is 10.9. The highest BCUT2D eigenvalue weighted by atomic mass is 35.5. The van der Waals surface area contributed by atoms with E-state index < -0.39 is 5.97 Å². The van der Waals surface area contributed by atoms with E-state index in [9.17, 15) is 4.79 Å². The molecular weight excluding hydrogens is 274 g/mol. The van der Waals surface area contributed by atoms with Gasteiger partial charge in [-0.3, -0.25) is 0 Å². The molecule has 1 aromatic carbocycles. The normalized spacial score (nSPS) is 18.9. The molecule has 0 spiro atoms. The van der Waals surface area contributed by atoms with Gasteiger partial charge >= 0.3 is 5.97 Å². The third kappa shape index (κ3) is 4.20. The van der Waals surface area contributed by atoms with Crippen molar-refractivity contribution in [3.8, 4) is 0 Å². The van der Waals surface area contributed by atoms with Gasteiger partial charge in [0.1, 0.15) is 5.70 Å². The van der Waals surface area contributed by atoms with Gasteiger partial charge in [0.15, 0.2) is 0 Å². The molecule has 20 heavy (non-hydrogen) atoms. The van der Waals surface area contributed by atoms with Gasteiger partial charge in [0, 0.05) is 10.9 Å². The van der Waals surface area contributed by atoms with Crippen LogP contribution in [0.2, 0.25) is 0 Å². The second-order valence-electron chi connectivity index (χ2n) is 4.85.